The Morgan fingerprint density at radius 2 is 2.00 bits per heavy atom. The number of H-pyrrole nitrogens is 2. The Labute approximate surface area is 128 Å². The van der Waals surface area contributed by atoms with Gasteiger partial charge in [-0.05, 0) is 19.1 Å². The molecule has 0 aliphatic rings. The molecule has 0 bridgehead atoms. The molecule has 3 rings (SSSR count). The van der Waals surface area contributed by atoms with Crippen LogP contribution in [0.3, 0.4) is 0 Å². The highest BCUT2D eigenvalue weighted by molar-refractivity contribution is 6.43. The maximum atomic E-state index is 11.9. The van der Waals surface area contributed by atoms with Crippen molar-refractivity contribution in [3.05, 3.63) is 49.1 Å². The number of fused-ring (bicyclic) bond motifs is 1. The van der Waals surface area contributed by atoms with Crippen molar-refractivity contribution in [2.75, 3.05) is 0 Å². The first-order chi connectivity index (χ1) is 10.0. The van der Waals surface area contributed by atoms with E-state index in [1.54, 1.807) is 25.1 Å². The fraction of sp³-hybridized carbons (Fsp3) is 0.154. The van der Waals surface area contributed by atoms with Crippen molar-refractivity contribution < 1.29 is 0 Å². The van der Waals surface area contributed by atoms with Gasteiger partial charge >= 0.3 is 5.69 Å². The van der Waals surface area contributed by atoms with Gasteiger partial charge in [-0.3, -0.25) is 14.3 Å². The lowest BCUT2D eigenvalue weighted by Crippen LogP contribution is -2.29. The molecule has 0 fully saturated rings. The minimum atomic E-state index is -0.517. The number of imidazole rings is 1. The maximum absolute atomic E-state index is 11.9. The van der Waals surface area contributed by atoms with Crippen LogP contribution in [-0.4, -0.2) is 19.5 Å². The second-order valence-corrected chi connectivity index (χ2v) is 5.17. The summed E-state index contributed by atoms with van der Waals surface area (Å²) < 4.78 is 1.37. The summed E-state index contributed by atoms with van der Waals surface area (Å²) in [7, 11) is 0. The second-order valence-electron chi connectivity index (χ2n) is 4.39. The topological polar surface area (TPSA) is 83.5 Å². The number of aromatic nitrogens is 4. The first kappa shape index (κ1) is 13.9. The lowest BCUT2D eigenvalue weighted by molar-refractivity contribution is 0.720. The summed E-state index contributed by atoms with van der Waals surface area (Å²) in [6, 6.07) is 5.12. The second kappa shape index (κ2) is 5.05. The van der Waals surface area contributed by atoms with Crippen molar-refractivity contribution in [1.82, 2.24) is 19.5 Å². The van der Waals surface area contributed by atoms with E-state index in [1.807, 2.05) is 0 Å². The van der Waals surface area contributed by atoms with E-state index >= 15 is 0 Å². The van der Waals surface area contributed by atoms with Gasteiger partial charge in [-0.1, -0.05) is 29.3 Å². The number of halogens is 2. The molecule has 8 heteroatoms. The molecule has 1 aromatic carbocycles. The molecule has 21 heavy (non-hydrogen) atoms. The van der Waals surface area contributed by atoms with Crippen LogP contribution in [0.5, 0.6) is 0 Å². The monoisotopic (exact) mass is 324 g/mol. The van der Waals surface area contributed by atoms with Gasteiger partial charge in [0, 0.05) is 12.1 Å². The van der Waals surface area contributed by atoms with E-state index in [0.29, 0.717) is 28.0 Å². The highest BCUT2D eigenvalue weighted by atomic mass is 35.5. The van der Waals surface area contributed by atoms with Crippen LogP contribution in [0.2, 0.25) is 10.0 Å². The molecule has 0 radical (unpaired) electrons. The maximum Gasteiger partial charge on any atom is 0.330 e. The Kier molecular flexibility index (Phi) is 3.35. The molecule has 108 valence electrons. The molecule has 0 aliphatic carbocycles. The van der Waals surface area contributed by atoms with Gasteiger partial charge in [-0.2, -0.15) is 0 Å². The summed E-state index contributed by atoms with van der Waals surface area (Å²) in [5.41, 5.74) is 0.0662. The van der Waals surface area contributed by atoms with E-state index in [4.69, 9.17) is 23.2 Å². The number of benzene rings is 1. The standard InChI is InChI=1S/C13H10Cl2N4O2/c1-2-19-11-9(12(20)18-13(19)21)16-10(17-11)6-4-3-5-7(14)8(6)15/h3-5H,2H2,1H3,(H,16,17)(H,18,20,21). The van der Waals surface area contributed by atoms with Crippen LogP contribution in [0.25, 0.3) is 22.6 Å². The van der Waals surface area contributed by atoms with Crippen LogP contribution < -0.4 is 11.2 Å². The molecule has 0 saturated carbocycles. The minimum absolute atomic E-state index is 0.225. The molecular weight excluding hydrogens is 315 g/mol. The van der Waals surface area contributed by atoms with E-state index in [-0.39, 0.29) is 11.2 Å². The molecule has 2 aromatic heterocycles. The molecule has 6 nitrogen and oxygen atoms in total. The van der Waals surface area contributed by atoms with Gasteiger partial charge in [0.05, 0.1) is 10.0 Å². The number of nitrogens with zero attached hydrogens (tertiary/aromatic N) is 2. The highest BCUT2D eigenvalue weighted by Gasteiger charge is 2.15. The van der Waals surface area contributed by atoms with E-state index in [9.17, 15) is 9.59 Å². The van der Waals surface area contributed by atoms with Gasteiger partial charge in [0.2, 0.25) is 0 Å². The summed E-state index contributed by atoms with van der Waals surface area (Å²) in [6.45, 7) is 2.18. The predicted octanol–water partition coefficient (Wildman–Crippen LogP) is 2.41. The smallest absolute Gasteiger partial charge is 0.330 e. The summed E-state index contributed by atoms with van der Waals surface area (Å²) >= 11 is 12.1. The summed E-state index contributed by atoms with van der Waals surface area (Å²) in [5, 5.41) is 0.719. The van der Waals surface area contributed by atoms with Crippen molar-refractivity contribution in [3.8, 4) is 11.4 Å². The van der Waals surface area contributed by atoms with E-state index in [1.165, 1.54) is 4.57 Å². The average molecular weight is 325 g/mol. The third kappa shape index (κ3) is 2.16. The molecule has 0 aliphatic heterocycles. The van der Waals surface area contributed by atoms with E-state index < -0.39 is 11.2 Å². The molecule has 0 spiro atoms. The average Bonchev–Trinajstić information content (AvgIpc) is 2.87. The Morgan fingerprint density at radius 1 is 1.24 bits per heavy atom. The third-order valence-corrected chi connectivity index (χ3v) is 3.97. The molecular formula is C13H10Cl2N4O2. The van der Waals surface area contributed by atoms with Crippen LogP contribution >= 0.6 is 23.2 Å². The van der Waals surface area contributed by atoms with Crippen LogP contribution in [0.4, 0.5) is 0 Å². The van der Waals surface area contributed by atoms with E-state index in [2.05, 4.69) is 15.0 Å². The van der Waals surface area contributed by atoms with Gasteiger partial charge in [0.1, 0.15) is 11.3 Å². The molecule has 0 amide bonds. The molecule has 0 unspecified atom stereocenters. The van der Waals surface area contributed by atoms with Gasteiger partial charge in [0.25, 0.3) is 5.56 Å². The lowest BCUT2D eigenvalue weighted by atomic mass is 10.2. The van der Waals surface area contributed by atoms with E-state index in [0.717, 1.165) is 0 Å². The quantitative estimate of drug-likeness (QED) is 0.759. The van der Waals surface area contributed by atoms with Crippen molar-refractivity contribution in [3.63, 3.8) is 0 Å². The highest BCUT2D eigenvalue weighted by Crippen LogP contribution is 2.32. The normalized spacial score (nSPS) is 11.2. The van der Waals surface area contributed by atoms with Crippen molar-refractivity contribution in [2.45, 2.75) is 13.5 Å². The number of rotatable bonds is 2. The zero-order chi connectivity index (χ0) is 15.1. The first-order valence-corrected chi connectivity index (χ1v) is 6.95. The van der Waals surface area contributed by atoms with Crippen LogP contribution in [0, 0.1) is 0 Å². The Balaban J connectivity index is 2.37. The van der Waals surface area contributed by atoms with Crippen LogP contribution in [-0.2, 0) is 6.54 Å². The molecule has 0 atom stereocenters. The number of hydrogen-bond acceptors (Lipinski definition) is 3. The molecule has 0 saturated heterocycles. The summed E-state index contributed by atoms with van der Waals surface area (Å²) in [4.78, 5) is 33.1. The number of aromatic amines is 2. The number of nitrogens with one attached hydrogen (secondary N) is 2. The molecule has 3 aromatic rings. The fourth-order valence-electron chi connectivity index (χ4n) is 2.15. The van der Waals surface area contributed by atoms with Crippen LogP contribution in [0.15, 0.2) is 27.8 Å². The van der Waals surface area contributed by atoms with Gasteiger partial charge in [0.15, 0.2) is 5.65 Å². The number of hydrogen-bond donors (Lipinski definition) is 2. The zero-order valence-corrected chi connectivity index (χ0v) is 12.4. The summed E-state index contributed by atoms with van der Waals surface area (Å²) in [6.07, 6.45) is 0. The van der Waals surface area contributed by atoms with Gasteiger partial charge in [-0.15, -0.1) is 0 Å². The SMILES string of the molecule is CCn1c(=O)[nH]c(=O)c2[nH]c(-c3cccc(Cl)c3Cl)nc21. The summed E-state index contributed by atoms with van der Waals surface area (Å²) in [5.74, 6) is 0.385. The zero-order valence-electron chi connectivity index (χ0n) is 10.9. The van der Waals surface area contributed by atoms with Crippen molar-refractivity contribution in [1.29, 1.82) is 0 Å². The number of aryl methyl sites for hydroxylation is 1. The lowest BCUT2D eigenvalue weighted by Gasteiger charge is -2.01. The van der Waals surface area contributed by atoms with Gasteiger partial charge in [-0.25, -0.2) is 9.78 Å². The van der Waals surface area contributed by atoms with Crippen LogP contribution in [0.1, 0.15) is 6.92 Å². The first-order valence-electron chi connectivity index (χ1n) is 6.20. The minimum Gasteiger partial charge on any atom is -0.332 e. The Morgan fingerprint density at radius 3 is 2.71 bits per heavy atom. The Bertz CT molecular complexity index is 955. The van der Waals surface area contributed by atoms with Crippen molar-refractivity contribution >= 4 is 34.4 Å². The molecule has 2 N–H and O–H groups in total. The third-order valence-electron chi connectivity index (χ3n) is 3.16. The Hall–Kier alpha value is -2.05. The molecule has 2 heterocycles. The predicted molar refractivity (Wildman–Crippen MR) is 82.1 cm³/mol. The van der Waals surface area contributed by atoms with Crippen molar-refractivity contribution in [2.24, 2.45) is 0 Å². The fourth-order valence-corrected chi connectivity index (χ4v) is 2.54. The van der Waals surface area contributed by atoms with Gasteiger partial charge < -0.3 is 4.98 Å². The largest absolute Gasteiger partial charge is 0.332 e.